The molecule has 1 aliphatic carbocycles. The van der Waals surface area contributed by atoms with E-state index in [2.05, 4.69) is 20.6 Å². The van der Waals surface area contributed by atoms with Gasteiger partial charge in [-0.15, -0.1) is 0 Å². The maximum Gasteiger partial charge on any atom is 0.326 e. The van der Waals surface area contributed by atoms with E-state index in [0.717, 1.165) is 51.9 Å². The molecule has 1 N–H and O–H groups in total. The number of hydrogen-bond acceptors (Lipinski definition) is 4. The smallest absolute Gasteiger partial charge is 0.326 e. The van der Waals surface area contributed by atoms with Crippen molar-refractivity contribution in [1.29, 1.82) is 0 Å². The number of fused-ring (bicyclic) bond motifs is 2. The van der Waals surface area contributed by atoms with Crippen molar-refractivity contribution in [3.63, 3.8) is 0 Å². The third-order valence-electron chi connectivity index (χ3n) is 4.71. The number of rotatable bonds is 2. The van der Waals surface area contributed by atoms with Crippen LogP contribution in [0.5, 0.6) is 5.75 Å². The molecule has 0 amide bonds. The molecule has 7 heteroatoms. The number of imidazole rings is 2. The van der Waals surface area contributed by atoms with Gasteiger partial charge in [-0.1, -0.05) is 26.0 Å². The highest BCUT2D eigenvalue weighted by Gasteiger charge is 2.09. The molecule has 0 bridgehead atoms. The maximum absolute atomic E-state index is 11.3. The molecule has 3 aromatic rings. The molecule has 1 aliphatic rings. The Balaban J connectivity index is 0.000000184. The van der Waals surface area contributed by atoms with Crippen molar-refractivity contribution >= 4 is 22.9 Å². The largest absolute Gasteiger partial charge is 0.499 e. The van der Waals surface area contributed by atoms with Crippen LogP contribution >= 0.6 is 0 Å². The SMILES string of the molecule is CC.COC1=c2[nH]c(=O)n(C)c2=CCC1.COc1cccc2c1nc(C)n2C. The van der Waals surface area contributed by atoms with Crippen LogP contribution in [0.25, 0.3) is 22.9 Å². The molecule has 0 spiro atoms. The molecule has 0 saturated heterocycles. The molecule has 28 heavy (non-hydrogen) atoms. The van der Waals surface area contributed by atoms with Gasteiger partial charge in [0.2, 0.25) is 0 Å². The molecule has 1 aromatic carbocycles. The predicted octanol–water partition coefficient (Wildman–Crippen LogP) is 1.96. The highest BCUT2D eigenvalue weighted by atomic mass is 16.5. The van der Waals surface area contributed by atoms with Gasteiger partial charge in [-0.2, -0.15) is 0 Å². The lowest BCUT2D eigenvalue weighted by molar-refractivity contribution is 0.347. The Hall–Kier alpha value is -2.96. The van der Waals surface area contributed by atoms with E-state index in [1.807, 2.05) is 46.0 Å². The molecule has 0 aliphatic heterocycles. The first-order chi connectivity index (χ1) is 13.5. The summed E-state index contributed by atoms with van der Waals surface area (Å²) in [5.41, 5.74) is 1.96. The Kier molecular flexibility index (Phi) is 7.09. The lowest BCUT2D eigenvalue weighted by Crippen LogP contribution is -2.34. The summed E-state index contributed by atoms with van der Waals surface area (Å²) in [6.07, 6.45) is 3.85. The Labute approximate surface area is 164 Å². The summed E-state index contributed by atoms with van der Waals surface area (Å²) >= 11 is 0. The van der Waals surface area contributed by atoms with Gasteiger partial charge in [0.05, 0.1) is 25.1 Å². The number of nitrogens with one attached hydrogen (secondary N) is 1. The van der Waals surface area contributed by atoms with Gasteiger partial charge in [0.1, 0.15) is 28.2 Å². The van der Waals surface area contributed by atoms with E-state index in [9.17, 15) is 4.79 Å². The number of hydrogen-bond donors (Lipinski definition) is 1. The summed E-state index contributed by atoms with van der Waals surface area (Å²) in [5.74, 6) is 2.70. The quantitative estimate of drug-likeness (QED) is 0.731. The van der Waals surface area contributed by atoms with E-state index >= 15 is 0 Å². The van der Waals surface area contributed by atoms with Crippen molar-refractivity contribution in [1.82, 2.24) is 19.1 Å². The second-order valence-electron chi connectivity index (χ2n) is 6.17. The van der Waals surface area contributed by atoms with E-state index < -0.39 is 0 Å². The summed E-state index contributed by atoms with van der Waals surface area (Å²) in [5, 5.41) is 1.77. The second kappa shape index (κ2) is 9.30. The molecule has 4 rings (SSSR count). The molecule has 0 radical (unpaired) electrons. The molecule has 152 valence electrons. The number of methoxy groups -OCH3 is 2. The van der Waals surface area contributed by atoms with Crippen molar-refractivity contribution in [3.05, 3.63) is 45.2 Å². The zero-order chi connectivity index (χ0) is 20.8. The minimum Gasteiger partial charge on any atom is -0.499 e. The third-order valence-corrected chi connectivity index (χ3v) is 4.71. The van der Waals surface area contributed by atoms with E-state index in [-0.39, 0.29) is 5.69 Å². The van der Waals surface area contributed by atoms with Crippen LogP contribution in [0.3, 0.4) is 0 Å². The highest BCUT2D eigenvalue weighted by molar-refractivity contribution is 5.82. The van der Waals surface area contributed by atoms with Gasteiger partial charge in [-0.3, -0.25) is 4.57 Å². The number of H-pyrrole nitrogens is 1. The molecule has 0 unspecified atom stereocenters. The van der Waals surface area contributed by atoms with Crippen LogP contribution in [0, 0.1) is 6.92 Å². The molecular formula is C21H30N4O3. The van der Waals surface area contributed by atoms with Crippen molar-refractivity contribution in [2.24, 2.45) is 14.1 Å². The van der Waals surface area contributed by atoms with Crippen molar-refractivity contribution < 1.29 is 9.47 Å². The number of nitrogens with zero attached hydrogens (tertiary/aromatic N) is 3. The standard InChI is InChI=1S/C10H12N2O.C9H12N2O2.C2H6/c1-7-11-10-8(12(7)2)5-4-6-9(10)13-3;1-11-6-4-3-5-7(13-2)8(6)10-9(11)12;1-2/h4-6H,1-3H3;4H,3,5H2,1-2H3,(H,10,12);1-2H3. The Bertz CT molecular complexity index is 1120. The lowest BCUT2D eigenvalue weighted by Gasteiger charge is -2.06. The fourth-order valence-corrected chi connectivity index (χ4v) is 3.12. The summed E-state index contributed by atoms with van der Waals surface area (Å²) in [6, 6.07) is 5.94. The molecular weight excluding hydrogens is 356 g/mol. The monoisotopic (exact) mass is 386 g/mol. The molecule has 0 fully saturated rings. The average molecular weight is 386 g/mol. The first-order valence-corrected chi connectivity index (χ1v) is 9.46. The van der Waals surface area contributed by atoms with Crippen LogP contribution in [0.1, 0.15) is 32.5 Å². The second-order valence-corrected chi connectivity index (χ2v) is 6.17. The van der Waals surface area contributed by atoms with Crippen LogP contribution in [0.15, 0.2) is 23.0 Å². The van der Waals surface area contributed by atoms with Gasteiger partial charge in [0, 0.05) is 20.5 Å². The predicted molar refractivity (Wildman–Crippen MR) is 113 cm³/mol. The van der Waals surface area contributed by atoms with E-state index in [1.165, 1.54) is 0 Å². The summed E-state index contributed by atoms with van der Waals surface area (Å²) in [4.78, 5) is 18.5. The molecule has 2 aromatic heterocycles. The summed E-state index contributed by atoms with van der Waals surface area (Å²) in [7, 11) is 7.06. The van der Waals surface area contributed by atoms with Gasteiger partial charge in [0.15, 0.2) is 0 Å². The first kappa shape index (κ1) is 21.3. The van der Waals surface area contributed by atoms with Crippen LogP contribution in [0.2, 0.25) is 0 Å². The minimum atomic E-state index is -0.0855. The zero-order valence-electron chi connectivity index (χ0n) is 17.8. The van der Waals surface area contributed by atoms with Crippen LogP contribution in [-0.2, 0) is 18.8 Å². The number of aromatic amines is 1. The maximum atomic E-state index is 11.3. The number of ether oxygens (including phenoxy) is 2. The first-order valence-electron chi connectivity index (χ1n) is 9.46. The van der Waals surface area contributed by atoms with Crippen LogP contribution in [-0.4, -0.2) is 33.3 Å². The third kappa shape index (κ3) is 3.98. The lowest BCUT2D eigenvalue weighted by atomic mass is 10.2. The topological polar surface area (TPSA) is 74.1 Å². The van der Waals surface area contributed by atoms with Crippen LogP contribution < -0.4 is 21.1 Å². The molecule has 0 saturated carbocycles. The number of para-hydroxylation sites is 1. The Morgan fingerprint density at radius 1 is 1.11 bits per heavy atom. The molecule has 7 nitrogen and oxygen atoms in total. The molecule has 0 atom stereocenters. The zero-order valence-corrected chi connectivity index (χ0v) is 17.8. The van der Waals surface area contributed by atoms with Gasteiger partial charge in [0.25, 0.3) is 0 Å². The average Bonchev–Trinajstić information content (AvgIpc) is 3.19. The van der Waals surface area contributed by atoms with E-state index in [1.54, 1.807) is 25.8 Å². The van der Waals surface area contributed by atoms with Crippen molar-refractivity contribution in [2.75, 3.05) is 14.2 Å². The van der Waals surface area contributed by atoms with Crippen molar-refractivity contribution in [3.8, 4) is 5.75 Å². The van der Waals surface area contributed by atoms with Gasteiger partial charge in [-0.25, -0.2) is 9.78 Å². The van der Waals surface area contributed by atoms with Gasteiger partial charge < -0.3 is 19.0 Å². The number of benzene rings is 1. The van der Waals surface area contributed by atoms with Gasteiger partial charge in [-0.05, 0) is 25.5 Å². The highest BCUT2D eigenvalue weighted by Crippen LogP contribution is 2.24. The van der Waals surface area contributed by atoms with Gasteiger partial charge >= 0.3 is 5.69 Å². The minimum absolute atomic E-state index is 0.0855. The Morgan fingerprint density at radius 3 is 2.46 bits per heavy atom. The fourth-order valence-electron chi connectivity index (χ4n) is 3.12. The van der Waals surface area contributed by atoms with E-state index in [4.69, 9.17) is 9.47 Å². The number of aryl methyl sites for hydroxylation is 2. The summed E-state index contributed by atoms with van der Waals surface area (Å²) < 4.78 is 14.1. The molecule has 2 heterocycles. The number of aromatic nitrogens is 4. The normalized spacial score (nSPS) is 12.2. The summed E-state index contributed by atoms with van der Waals surface area (Å²) in [6.45, 7) is 5.99. The van der Waals surface area contributed by atoms with Crippen molar-refractivity contribution in [2.45, 2.75) is 33.6 Å². The fraction of sp³-hybridized carbons (Fsp3) is 0.429. The van der Waals surface area contributed by atoms with E-state index in [0.29, 0.717) is 0 Å². The Morgan fingerprint density at radius 2 is 1.82 bits per heavy atom. The van der Waals surface area contributed by atoms with Crippen LogP contribution in [0.4, 0.5) is 0 Å².